The Morgan fingerprint density at radius 2 is 1.41 bits per heavy atom. The number of aromatic nitrogens is 4. The second-order valence-corrected chi connectivity index (χ2v) is 12.3. The van der Waals surface area contributed by atoms with Crippen LogP contribution >= 0.6 is 23.2 Å². The van der Waals surface area contributed by atoms with Gasteiger partial charge < -0.3 is 30.5 Å². The molecule has 46 heavy (non-hydrogen) atoms. The van der Waals surface area contributed by atoms with Crippen molar-refractivity contribution in [3.63, 3.8) is 0 Å². The van der Waals surface area contributed by atoms with Gasteiger partial charge in [-0.25, -0.2) is 9.97 Å². The minimum atomic E-state index is -0.483. The molecule has 0 saturated carbocycles. The van der Waals surface area contributed by atoms with Gasteiger partial charge in [0.1, 0.15) is 11.4 Å². The van der Waals surface area contributed by atoms with E-state index in [0.29, 0.717) is 92.9 Å². The zero-order valence-electron chi connectivity index (χ0n) is 26.2. The highest BCUT2D eigenvalue weighted by atomic mass is 35.5. The van der Waals surface area contributed by atoms with Gasteiger partial charge in [-0.1, -0.05) is 59.6 Å². The Hall–Kier alpha value is -3.87. The van der Waals surface area contributed by atoms with Gasteiger partial charge in [-0.15, -0.1) is 0 Å². The van der Waals surface area contributed by atoms with E-state index >= 15 is 0 Å². The molecular weight excluding hydrogens is 629 g/mol. The molecule has 1 amide bonds. The lowest BCUT2D eigenvalue weighted by Crippen LogP contribution is -2.42. The standard InChI is InChI=1S/C33H37Cl2N7O4/c1-33(2,18-43)39-17-27-32(46-4)42-25(16-38-27)23-10-6-8-21(30(23)35)20-7-5-9-22(29(20)34)24-15-37-26(31(41-24)45-3)14-36-13-19-11-12-28(44)40-19/h5-10,15-16,19,36,39,43H,11-14,17-18H2,1-4H3,(H,40,44). The van der Waals surface area contributed by atoms with Crippen molar-refractivity contribution < 1.29 is 19.4 Å². The summed E-state index contributed by atoms with van der Waals surface area (Å²) < 4.78 is 11.1. The summed E-state index contributed by atoms with van der Waals surface area (Å²) in [4.78, 5) is 30.1. The summed E-state index contributed by atoms with van der Waals surface area (Å²) in [6.07, 6.45) is 4.68. The highest BCUT2D eigenvalue weighted by Gasteiger charge is 2.22. The third-order valence-corrected chi connectivity index (χ3v) is 8.56. The Morgan fingerprint density at radius 1 is 0.891 bits per heavy atom. The molecule has 1 aliphatic heterocycles. The molecule has 1 saturated heterocycles. The van der Waals surface area contributed by atoms with Gasteiger partial charge in [0, 0.05) is 59.9 Å². The fraction of sp³-hybridized carbons (Fsp3) is 0.364. The lowest BCUT2D eigenvalue weighted by Gasteiger charge is -2.23. The van der Waals surface area contributed by atoms with E-state index in [1.54, 1.807) is 19.5 Å². The first-order chi connectivity index (χ1) is 22.1. The van der Waals surface area contributed by atoms with E-state index in [9.17, 15) is 9.90 Å². The molecule has 1 fully saturated rings. The van der Waals surface area contributed by atoms with Crippen LogP contribution in [0.5, 0.6) is 11.8 Å². The number of amides is 1. The van der Waals surface area contributed by atoms with Gasteiger partial charge in [0.15, 0.2) is 0 Å². The molecule has 0 radical (unpaired) electrons. The molecule has 13 heteroatoms. The van der Waals surface area contributed by atoms with E-state index in [0.717, 1.165) is 6.42 Å². The highest BCUT2D eigenvalue weighted by Crippen LogP contribution is 2.42. The summed E-state index contributed by atoms with van der Waals surface area (Å²) in [6, 6.07) is 11.4. The van der Waals surface area contributed by atoms with Crippen molar-refractivity contribution in [2.45, 2.75) is 51.4 Å². The van der Waals surface area contributed by atoms with E-state index in [1.165, 1.54) is 7.11 Å². The van der Waals surface area contributed by atoms with Crippen LogP contribution in [0.3, 0.4) is 0 Å². The molecule has 11 nitrogen and oxygen atoms in total. The minimum absolute atomic E-state index is 0.0286. The number of carbonyl (C=O) groups is 1. The zero-order chi connectivity index (χ0) is 32.8. The van der Waals surface area contributed by atoms with Crippen molar-refractivity contribution in [2.75, 3.05) is 27.4 Å². The van der Waals surface area contributed by atoms with Crippen molar-refractivity contribution in [2.24, 2.45) is 0 Å². The average molecular weight is 667 g/mol. The first kappa shape index (κ1) is 33.5. The summed E-state index contributed by atoms with van der Waals surface area (Å²) in [6.45, 7) is 5.19. The predicted molar refractivity (Wildman–Crippen MR) is 178 cm³/mol. The molecular formula is C33H37Cl2N7O4. The molecule has 2 aromatic carbocycles. The molecule has 3 heterocycles. The fourth-order valence-corrected chi connectivity index (χ4v) is 5.72. The number of aliphatic hydroxyl groups excluding tert-OH is 1. The molecule has 2 aromatic heterocycles. The smallest absolute Gasteiger partial charge is 0.237 e. The van der Waals surface area contributed by atoms with Crippen LogP contribution in [0.2, 0.25) is 10.0 Å². The van der Waals surface area contributed by atoms with Crippen LogP contribution in [0.25, 0.3) is 33.6 Å². The Labute approximate surface area is 278 Å². The molecule has 1 atom stereocenters. The largest absolute Gasteiger partial charge is 0.480 e. The van der Waals surface area contributed by atoms with Crippen LogP contribution in [-0.2, 0) is 17.9 Å². The number of carbonyl (C=O) groups excluding carboxylic acids is 1. The van der Waals surface area contributed by atoms with Crippen molar-refractivity contribution in [3.05, 3.63) is 70.2 Å². The molecule has 0 bridgehead atoms. The van der Waals surface area contributed by atoms with Gasteiger partial charge >= 0.3 is 0 Å². The normalized spacial score (nSPS) is 14.8. The third kappa shape index (κ3) is 7.56. The number of benzene rings is 2. The Morgan fingerprint density at radius 3 is 1.89 bits per heavy atom. The van der Waals surface area contributed by atoms with Crippen LogP contribution in [0.4, 0.5) is 0 Å². The number of hydrogen-bond donors (Lipinski definition) is 4. The number of methoxy groups -OCH3 is 2. The number of aliphatic hydroxyl groups is 1. The SMILES string of the molecule is COc1nc(-c2cccc(-c3cccc(-c4cnc(CNC(C)(C)CO)c(OC)n4)c3Cl)c2Cl)cnc1CNCC1CCC(=O)N1. The predicted octanol–water partition coefficient (Wildman–Crippen LogP) is 4.82. The number of halogens is 2. The van der Waals surface area contributed by atoms with Crippen molar-refractivity contribution in [3.8, 4) is 45.4 Å². The van der Waals surface area contributed by atoms with Crippen molar-refractivity contribution in [1.82, 2.24) is 35.9 Å². The van der Waals surface area contributed by atoms with Gasteiger partial charge in [0.2, 0.25) is 17.7 Å². The minimum Gasteiger partial charge on any atom is -0.480 e. The maximum Gasteiger partial charge on any atom is 0.237 e. The Bertz CT molecular complexity index is 1720. The Kier molecular flexibility index (Phi) is 10.7. The lowest BCUT2D eigenvalue weighted by molar-refractivity contribution is -0.119. The fourth-order valence-electron chi connectivity index (χ4n) is 5.07. The number of nitrogens with zero attached hydrogens (tertiary/aromatic N) is 4. The van der Waals surface area contributed by atoms with Crippen LogP contribution in [0, 0.1) is 0 Å². The Balaban J connectivity index is 1.40. The second-order valence-electron chi connectivity index (χ2n) is 11.6. The summed E-state index contributed by atoms with van der Waals surface area (Å²) in [5.41, 5.74) is 4.61. The quantitative estimate of drug-likeness (QED) is 0.157. The lowest BCUT2D eigenvalue weighted by atomic mass is 9.98. The number of rotatable bonds is 13. The van der Waals surface area contributed by atoms with Crippen molar-refractivity contribution >= 4 is 29.1 Å². The van der Waals surface area contributed by atoms with Gasteiger partial charge in [-0.05, 0) is 20.3 Å². The zero-order valence-corrected chi connectivity index (χ0v) is 27.7. The molecule has 5 rings (SSSR count). The average Bonchev–Trinajstić information content (AvgIpc) is 3.49. The van der Waals surface area contributed by atoms with Gasteiger partial charge in [-0.3, -0.25) is 14.8 Å². The number of hydrogen-bond acceptors (Lipinski definition) is 10. The molecule has 4 aromatic rings. The molecule has 242 valence electrons. The monoisotopic (exact) mass is 665 g/mol. The van der Waals surface area contributed by atoms with E-state index in [1.807, 2.05) is 50.2 Å². The van der Waals surface area contributed by atoms with Crippen LogP contribution in [0.1, 0.15) is 38.1 Å². The summed E-state index contributed by atoms with van der Waals surface area (Å²) >= 11 is 14.0. The van der Waals surface area contributed by atoms with Gasteiger partial charge in [0.25, 0.3) is 0 Å². The molecule has 0 aliphatic carbocycles. The van der Waals surface area contributed by atoms with Gasteiger partial charge in [-0.2, -0.15) is 0 Å². The second kappa shape index (κ2) is 14.7. The van der Waals surface area contributed by atoms with Crippen LogP contribution < -0.4 is 25.4 Å². The van der Waals surface area contributed by atoms with Crippen LogP contribution in [0.15, 0.2) is 48.8 Å². The molecule has 1 aliphatic rings. The van der Waals surface area contributed by atoms with Crippen LogP contribution in [-0.4, -0.2) is 69.9 Å². The van der Waals surface area contributed by atoms with E-state index < -0.39 is 5.54 Å². The van der Waals surface area contributed by atoms with Gasteiger partial charge in [0.05, 0.1) is 54.7 Å². The number of ether oxygens (including phenoxy) is 2. The molecule has 4 N–H and O–H groups in total. The maximum absolute atomic E-state index is 11.5. The molecule has 1 unspecified atom stereocenters. The highest BCUT2D eigenvalue weighted by molar-refractivity contribution is 6.39. The maximum atomic E-state index is 11.5. The van der Waals surface area contributed by atoms with E-state index in [2.05, 4.69) is 30.9 Å². The van der Waals surface area contributed by atoms with E-state index in [-0.39, 0.29) is 18.6 Å². The topological polar surface area (TPSA) is 143 Å². The van der Waals surface area contributed by atoms with E-state index in [4.69, 9.17) is 37.7 Å². The summed E-state index contributed by atoms with van der Waals surface area (Å²) in [5.74, 6) is 0.821. The van der Waals surface area contributed by atoms with Crippen molar-refractivity contribution in [1.29, 1.82) is 0 Å². The number of nitrogens with one attached hydrogen (secondary N) is 3. The third-order valence-electron chi connectivity index (χ3n) is 7.75. The summed E-state index contributed by atoms with van der Waals surface area (Å²) in [5, 5.41) is 20.0. The first-order valence-corrected chi connectivity index (χ1v) is 15.6. The summed E-state index contributed by atoms with van der Waals surface area (Å²) in [7, 11) is 3.09. The first-order valence-electron chi connectivity index (χ1n) is 14.9. The molecule has 0 spiro atoms.